The second kappa shape index (κ2) is 9.03. The van der Waals surface area contributed by atoms with Crippen molar-refractivity contribution in [2.24, 2.45) is 0 Å². The van der Waals surface area contributed by atoms with Gasteiger partial charge in [-0.05, 0) is 59.4 Å². The Morgan fingerprint density at radius 1 is 0.571 bits per heavy atom. The Kier molecular flexibility index (Phi) is 5.72. The Balaban J connectivity index is 1.43. The van der Waals surface area contributed by atoms with Crippen LogP contribution in [0.3, 0.4) is 0 Å². The van der Waals surface area contributed by atoms with Crippen LogP contribution in [-0.4, -0.2) is 17.0 Å². The predicted molar refractivity (Wildman–Crippen MR) is 145 cm³/mol. The lowest BCUT2D eigenvalue weighted by Gasteiger charge is -2.31. The maximum Gasteiger partial charge on any atom is 0.395 e. The van der Waals surface area contributed by atoms with Crippen LogP contribution in [0.25, 0.3) is 22.3 Å². The molecule has 4 aromatic carbocycles. The average Bonchev–Trinajstić information content (AvgIpc) is 3.15. The van der Waals surface area contributed by atoms with Gasteiger partial charge in [0.25, 0.3) is 0 Å². The first-order valence-corrected chi connectivity index (χ1v) is 13.9. The molecule has 6 rings (SSSR count). The molecule has 0 spiro atoms. The van der Waals surface area contributed by atoms with Crippen LogP contribution in [0.2, 0.25) is 0 Å². The molecule has 0 amide bonds. The summed E-state index contributed by atoms with van der Waals surface area (Å²) in [6.45, 7) is 0. The van der Waals surface area contributed by atoms with Gasteiger partial charge in [0.1, 0.15) is 0 Å². The van der Waals surface area contributed by atoms with Crippen LogP contribution in [0, 0.1) is 0 Å². The Bertz CT molecular complexity index is 1270. The Hall–Kier alpha value is -3.33. The molecule has 5 heteroatoms. The summed E-state index contributed by atoms with van der Waals surface area (Å²) in [6.07, 6.45) is 3.99. The van der Waals surface area contributed by atoms with E-state index in [4.69, 9.17) is 0 Å². The standard InChI is InChI=1S/C30H29N2O2P/c33-35(34)31(27-17-9-15-25(21-27)23-11-3-1-4-12-23)29-19-7-8-20-30(29)32(35)28-18-10-16-26(22-28)24-13-5-2-6-14-24/h1-6,9-18,21-22,29-30H,7-8,19-20H2,(H,33,34)/t29-,30-/m1/s1. The third-order valence-electron chi connectivity index (χ3n) is 7.32. The zero-order valence-electron chi connectivity index (χ0n) is 19.6. The molecule has 0 bridgehead atoms. The van der Waals surface area contributed by atoms with Crippen LogP contribution in [0.1, 0.15) is 25.7 Å². The fourth-order valence-corrected chi connectivity index (χ4v) is 8.12. The second-order valence-electron chi connectivity index (χ2n) is 9.45. The van der Waals surface area contributed by atoms with E-state index in [0.29, 0.717) is 0 Å². The summed E-state index contributed by atoms with van der Waals surface area (Å²) in [5.74, 6) is 0. The highest BCUT2D eigenvalue weighted by atomic mass is 31.2. The molecule has 0 aromatic heterocycles. The van der Waals surface area contributed by atoms with Crippen LogP contribution in [-0.2, 0) is 4.57 Å². The predicted octanol–water partition coefficient (Wildman–Crippen LogP) is 7.76. The van der Waals surface area contributed by atoms with Gasteiger partial charge in [0, 0.05) is 11.4 Å². The highest BCUT2D eigenvalue weighted by molar-refractivity contribution is 7.62. The molecular weight excluding hydrogens is 451 g/mol. The van der Waals surface area contributed by atoms with E-state index in [1.807, 2.05) is 70.0 Å². The number of benzene rings is 4. The number of hydrogen-bond acceptors (Lipinski definition) is 1. The van der Waals surface area contributed by atoms with E-state index in [9.17, 15) is 9.46 Å². The molecule has 0 unspecified atom stereocenters. The van der Waals surface area contributed by atoms with Gasteiger partial charge in [-0.1, -0.05) is 97.8 Å². The number of nitrogens with zero attached hydrogens (tertiary/aromatic N) is 2. The lowest BCUT2D eigenvalue weighted by molar-refractivity contribution is 0.409. The number of fused-ring (bicyclic) bond motifs is 1. The Morgan fingerprint density at radius 2 is 0.971 bits per heavy atom. The van der Waals surface area contributed by atoms with Crippen molar-refractivity contribution in [2.75, 3.05) is 9.34 Å². The van der Waals surface area contributed by atoms with E-state index < -0.39 is 7.67 Å². The highest BCUT2D eigenvalue weighted by Gasteiger charge is 2.55. The molecule has 35 heavy (non-hydrogen) atoms. The fourth-order valence-electron chi connectivity index (χ4n) is 5.75. The average molecular weight is 481 g/mol. The maximum absolute atomic E-state index is 14.3. The molecule has 4 aromatic rings. The maximum atomic E-state index is 14.3. The number of anilines is 2. The fraction of sp³-hybridized carbons (Fsp3) is 0.200. The molecule has 176 valence electrons. The van der Waals surface area contributed by atoms with Gasteiger partial charge < -0.3 is 4.89 Å². The van der Waals surface area contributed by atoms with Gasteiger partial charge in [0.05, 0.1) is 12.1 Å². The Labute approximate surface area is 207 Å². The zero-order valence-corrected chi connectivity index (χ0v) is 20.5. The molecule has 1 saturated carbocycles. The molecule has 2 aliphatic rings. The summed E-state index contributed by atoms with van der Waals surface area (Å²) >= 11 is 0. The monoisotopic (exact) mass is 480 g/mol. The van der Waals surface area contributed by atoms with Gasteiger partial charge in [0.2, 0.25) is 0 Å². The van der Waals surface area contributed by atoms with Crippen LogP contribution < -0.4 is 9.34 Å². The van der Waals surface area contributed by atoms with E-state index in [1.54, 1.807) is 0 Å². The summed E-state index contributed by atoms with van der Waals surface area (Å²) in [5, 5.41) is 0. The summed E-state index contributed by atoms with van der Waals surface area (Å²) in [7, 11) is -3.87. The van der Waals surface area contributed by atoms with E-state index in [0.717, 1.165) is 59.3 Å². The molecule has 2 atom stereocenters. The molecule has 1 heterocycles. The first kappa shape index (κ1) is 22.2. The van der Waals surface area contributed by atoms with E-state index in [1.165, 1.54) is 0 Å². The molecule has 2 fully saturated rings. The van der Waals surface area contributed by atoms with E-state index >= 15 is 0 Å². The molecule has 0 radical (unpaired) electrons. The summed E-state index contributed by atoms with van der Waals surface area (Å²) < 4.78 is 18.0. The smallest absolute Gasteiger partial charge is 0.313 e. The van der Waals surface area contributed by atoms with E-state index in [-0.39, 0.29) is 12.1 Å². The van der Waals surface area contributed by atoms with Crippen molar-refractivity contribution in [3.05, 3.63) is 109 Å². The van der Waals surface area contributed by atoms with Gasteiger partial charge in [-0.25, -0.2) is 4.57 Å². The second-order valence-corrected chi connectivity index (χ2v) is 11.3. The Morgan fingerprint density at radius 3 is 1.40 bits per heavy atom. The van der Waals surface area contributed by atoms with Gasteiger partial charge >= 0.3 is 7.67 Å². The van der Waals surface area contributed by atoms with Crippen LogP contribution in [0.5, 0.6) is 0 Å². The van der Waals surface area contributed by atoms with Gasteiger partial charge in [-0.3, -0.25) is 9.34 Å². The van der Waals surface area contributed by atoms with Crippen molar-refractivity contribution in [2.45, 2.75) is 37.8 Å². The first-order chi connectivity index (χ1) is 17.1. The number of hydrogen-bond donors (Lipinski definition) is 1. The molecule has 1 aliphatic heterocycles. The van der Waals surface area contributed by atoms with Crippen LogP contribution in [0.15, 0.2) is 109 Å². The van der Waals surface area contributed by atoms with Crippen molar-refractivity contribution in [3.63, 3.8) is 0 Å². The highest BCUT2D eigenvalue weighted by Crippen LogP contribution is 2.64. The molecular formula is C30H29N2O2P. The van der Waals surface area contributed by atoms with Gasteiger partial charge in [-0.2, -0.15) is 0 Å². The minimum atomic E-state index is -3.87. The van der Waals surface area contributed by atoms with Crippen molar-refractivity contribution >= 4 is 19.0 Å². The largest absolute Gasteiger partial charge is 0.395 e. The molecule has 1 aliphatic carbocycles. The van der Waals surface area contributed by atoms with Gasteiger partial charge in [0.15, 0.2) is 0 Å². The van der Waals surface area contributed by atoms with Crippen molar-refractivity contribution < 1.29 is 9.46 Å². The SMILES string of the molecule is O=P1(O)N(c2cccc(-c3ccccc3)c2)[C@@H]2CCCC[C@H]2N1c1cccc(-c2ccccc2)c1. The lowest BCUT2D eigenvalue weighted by atomic mass is 9.89. The third-order valence-corrected chi connectivity index (χ3v) is 9.50. The number of rotatable bonds is 4. The molecule has 1 N–H and O–H groups in total. The lowest BCUT2D eigenvalue weighted by Crippen LogP contribution is -2.40. The van der Waals surface area contributed by atoms with E-state index in [2.05, 4.69) is 48.5 Å². The van der Waals surface area contributed by atoms with Crippen molar-refractivity contribution in [3.8, 4) is 22.3 Å². The molecule has 1 saturated heterocycles. The first-order valence-electron chi connectivity index (χ1n) is 12.4. The minimum Gasteiger partial charge on any atom is -0.313 e. The van der Waals surface area contributed by atoms with Crippen molar-refractivity contribution in [1.29, 1.82) is 0 Å². The third kappa shape index (κ3) is 3.97. The minimum absolute atomic E-state index is 0.00554. The zero-order chi connectivity index (χ0) is 23.8. The topological polar surface area (TPSA) is 43.8 Å². The van der Waals surface area contributed by atoms with Crippen LogP contribution >= 0.6 is 7.67 Å². The summed E-state index contributed by atoms with van der Waals surface area (Å²) in [5.41, 5.74) is 5.95. The van der Waals surface area contributed by atoms with Crippen LogP contribution in [0.4, 0.5) is 11.4 Å². The van der Waals surface area contributed by atoms with Crippen molar-refractivity contribution in [1.82, 2.24) is 0 Å². The van der Waals surface area contributed by atoms with Gasteiger partial charge in [-0.15, -0.1) is 0 Å². The summed E-state index contributed by atoms with van der Waals surface area (Å²) in [4.78, 5) is 11.8. The molecule has 4 nitrogen and oxygen atoms in total. The normalized spacial score (nSPS) is 21.1. The quantitative estimate of drug-likeness (QED) is 0.303. The summed E-state index contributed by atoms with van der Waals surface area (Å²) in [6, 6.07) is 36.6.